The minimum Gasteiger partial charge on any atom is -0.490 e. The van der Waals surface area contributed by atoms with Gasteiger partial charge in [-0.25, -0.2) is 0 Å². The number of rotatable bonds is 3. The van der Waals surface area contributed by atoms with Gasteiger partial charge in [0.1, 0.15) is 0 Å². The fraction of sp³-hybridized carbons (Fsp3) is 0.647. The first-order valence-corrected chi connectivity index (χ1v) is 8.70. The molecule has 1 atom stereocenters. The Morgan fingerprint density at radius 2 is 1.71 bits per heavy atom. The third-order valence-electron chi connectivity index (χ3n) is 4.91. The average Bonchev–Trinajstić information content (AvgIpc) is 2.77. The minimum absolute atomic E-state index is 0.317. The van der Waals surface area contributed by atoms with Crippen LogP contribution in [0.4, 0.5) is 0 Å². The van der Waals surface area contributed by atoms with Crippen LogP contribution in [0.3, 0.4) is 0 Å². The summed E-state index contributed by atoms with van der Waals surface area (Å²) in [5.41, 5.74) is 1.60. The lowest BCUT2D eigenvalue weighted by Gasteiger charge is -2.35. The van der Waals surface area contributed by atoms with Crippen molar-refractivity contribution in [3.63, 3.8) is 0 Å². The zero-order valence-corrected chi connectivity index (χ0v) is 14.5. The molecule has 0 bridgehead atoms. The quantitative estimate of drug-likeness (QED) is 0.870. The van der Waals surface area contributed by atoms with E-state index in [1.165, 1.54) is 31.2 Å². The lowest BCUT2D eigenvalue weighted by atomic mass is 9.77. The van der Waals surface area contributed by atoms with Crippen LogP contribution in [0.1, 0.15) is 50.6 Å². The summed E-state index contributed by atoms with van der Waals surface area (Å²) in [6, 6.07) is 4.57. The number of halogens is 1. The molecule has 0 amide bonds. The predicted molar refractivity (Wildman–Crippen MR) is 88.1 cm³/mol. The molecule has 0 radical (unpaired) electrons. The van der Waals surface area contributed by atoms with Crippen molar-refractivity contribution in [3.8, 4) is 11.5 Å². The highest BCUT2D eigenvalue weighted by molar-refractivity contribution is 9.10. The van der Waals surface area contributed by atoms with E-state index in [9.17, 15) is 0 Å². The molecule has 1 aromatic rings. The Hall–Kier alpha value is -0.740. The highest BCUT2D eigenvalue weighted by Crippen LogP contribution is 2.50. The van der Waals surface area contributed by atoms with E-state index in [1.54, 1.807) is 0 Å². The van der Waals surface area contributed by atoms with Crippen LogP contribution in [-0.4, -0.2) is 20.3 Å². The van der Waals surface area contributed by atoms with E-state index < -0.39 is 0 Å². The van der Waals surface area contributed by atoms with Gasteiger partial charge in [-0.1, -0.05) is 35.7 Å². The molecule has 0 saturated heterocycles. The second-order valence-corrected chi connectivity index (χ2v) is 7.31. The zero-order chi connectivity index (χ0) is 14.9. The Morgan fingerprint density at radius 1 is 1.10 bits per heavy atom. The van der Waals surface area contributed by atoms with Gasteiger partial charge in [0.25, 0.3) is 0 Å². The summed E-state index contributed by atoms with van der Waals surface area (Å²) in [7, 11) is 2.06. The van der Waals surface area contributed by atoms with Crippen molar-refractivity contribution in [2.75, 3.05) is 20.3 Å². The van der Waals surface area contributed by atoms with Crippen molar-refractivity contribution >= 4 is 15.9 Å². The van der Waals surface area contributed by atoms with Crippen molar-refractivity contribution in [2.24, 2.45) is 5.41 Å². The van der Waals surface area contributed by atoms with Crippen LogP contribution < -0.4 is 14.8 Å². The Kier molecular flexibility index (Phi) is 4.46. The molecule has 116 valence electrons. The maximum atomic E-state index is 5.86. The third-order valence-corrected chi connectivity index (χ3v) is 5.60. The smallest absolute Gasteiger partial charge is 0.162 e. The van der Waals surface area contributed by atoms with Crippen LogP contribution in [0.2, 0.25) is 0 Å². The maximum absolute atomic E-state index is 5.86. The SMILES string of the molecule is CNC(c1cc2c(cc1Br)OCCCO2)C1(C)CCCC1. The van der Waals surface area contributed by atoms with E-state index in [0.717, 1.165) is 35.6 Å². The fourth-order valence-corrected chi connectivity index (χ4v) is 4.32. The maximum Gasteiger partial charge on any atom is 0.162 e. The second-order valence-electron chi connectivity index (χ2n) is 6.45. The Balaban J connectivity index is 1.98. The minimum atomic E-state index is 0.317. The zero-order valence-electron chi connectivity index (χ0n) is 12.9. The number of hydrogen-bond donors (Lipinski definition) is 1. The van der Waals surface area contributed by atoms with Crippen LogP contribution in [0.15, 0.2) is 16.6 Å². The molecule has 1 fully saturated rings. The summed E-state index contributed by atoms with van der Waals surface area (Å²) < 4.78 is 12.7. The average molecular weight is 354 g/mol. The van der Waals surface area contributed by atoms with E-state index in [2.05, 4.69) is 47.4 Å². The van der Waals surface area contributed by atoms with Gasteiger partial charge in [0.2, 0.25) is 0 Å². The van der Waals surface area contributed by atoms with Gasteiger partial charge in [0.05, 0.1) is 13.2 Å². The molecule has 1 aromatic carbocycles. The first kappa shape index (κ1) is 15.2. The van der Waals surface area contributed by atoms with E-state index in [1.807, 2.05) is 0 Å². The topological polar surface area (TPSA) is 30.5 Å². The summed E-state index contributed by atoms with van der Waals surface area (Å²) in [6.07, 6.45) is 6.15. The van der Waals surface area contributed by atoms with Gasteiger partial charge in [0, 0.05) is 16.9 Å². The summed E-state index contributed by atoms with van der Waals surface area (Å²) in [6.45, 7) is 3.86. The molecule has 21 heavy (non-hydrogen) atoms. The van der Waals surface area contributed by atoms with Gasteiger partial charge in [0.15, 0.2) is 11.5 Å². The fourth-order valence-electron chi connectivity index (χ4n) is 3.77. The molecule has 0 spiro atoms. The van der Waals surface area contributed by atoms with E-state index in [-0.39, 0.29) is 0 Å². The molecular weight excluding hydrogens is 330 g/mol. The van der Waals surface area contributed by atoms with Gasteiger partial charge >= 0.3 is 0 Å². The summed E-state index contributed by atoms with van der Waals surface area (Å²) in [5.74, 6) is 1.74. The van der Waals surface area contributed by atoms with Crippen LogP contribution in [-0.2, 0) is 0 Å². The van der Waals surface area contributed by atoms with Crippen LogP contribution >= 0.6 is 15.9 Å². The monoisotopic (exact) mass is 353 g/mol. The van der Waals surface area contributed by atoms with Gasteiger partial charge in [-0.2, -0.15) is 0 Å². The molecule has 2 aliphatic rings. The lowest BCUT2D eigenvalue weighted by molar-refractivity contribution is 0.232. The molecular formula is C17H24BrNO2. The number of ether oxygens (including phenoxy) is 2. The molecule has 3 nitrogen and oxygen atoms in total. The number of benzene rings is 1. The van der Waals surface area contributed by atoms with Gasteiger partial charge < -0.3 is 14.8 Å². The molecule has 1 N–H and O–H groups in total. The Bertz CT molecular complexity index is 512. The largest absolute Gasteiger partial charge is 0.490 e. The van der Waals surface area contributed by atoms with Crippen molar-refractivity contribution in [1.82, 2.24) is 5.32 Å². The van der Waals surface area contributed by atoms with Crippen LogP contribution in [0.5, 0.6) is 11.5 Å². The summed E-state index contributed by atoms with van der Waals surface area (Å²) >= 11 is 3.74. The van der Waals surface area contributed by atoms with E-state index in [4.69, 9.17) is 9.47 Å². The van der Waals surface area contributed by atoms with E-state index in [0.29, 0.717) is 11.5 Å². The summed E-state index contributed by atoms with van der Waals surface area (Å²) in [5, 5.41) is 3.54. The molecule has 4 heteroatoms. The number of hydrogen-bond acceptors (Lipinski definition) is 3. The molecule has 0 aromatic heterocycles. The van der Waals surface area contributed by atoms with Crippen molar-refractivity contribution in [2.45, 2.75) is 45.1 Å². The number of nitrogens with one attached hydrogen (secondary N) is 1. The van der Waals surface area contributed by atoms with Crippen LogP contribution in [0, 0.1) is 5.41 Å². The first-order chi connectivity index (χ1) is 10.1. The van der Waals surface area contributed by atoms with Crippen molar-refractivity contribution in [3.05, 3.63) is 22.2 Å². The molecule has 1 aliphatic carbocycles. The van der Waals surface area contributed by atoms with E-state index >= 15 is 0 Å². The highest BCUT2D eigenvalue weighted by atomic mass is 79.9. The standard InChI is InChI=1S/C17H24BrNO2/c1-17(6-3-4-7-17)16(19-2)12-10-14-15(11-13(12)18)21-9-5-8-20-14/h10-11,16,19H,3-9H2,1-2H3. The molecule has 1 saturated carbocycles. The highest BCUT2D eigenvalue weighted by Gasteiger charge is 2.38. The van der Waals surface area contributed by atoms with Gasteiger partial charge in [-0.3, -0.25) is 0 Å². The molecule has 1 unspecified atom stereocenters. The van der Waals surface area contributed by atoms with Gasteiger partial charge in [-0.15, -0.1) is 0 Å². The first-order valence-electron chi connectivity index (χ1n) is 7.90. The molecule has 3 rings (SSSR count). The van der Waals surface area contributed by atoms with Crippen molar-refractivity contribution < 1.29 is 9.47 Å². The van der Waals surface area contributed by atoms with Gasteiger partial charge in [-0.05, 0) is 43.0 Å². The normalized spacial score (nSPS) is 21.9. The van der Waals surface area contributed by atoms with Crippen molar-refractivity contribution in [1.29, 1.82) is 0 Å². The number of fused-ring (bicyclic) bond motifs is 1. The Labute approximate surface area is 135 Å². The third kappa shape index (κ3) is 2.93. The predicted octanol–water partition coefficient (Wildman–Crippen LogP) is 4.45. The Morgan fingerprint density at radius 3 is 2.33 bits per heavy atom. The molecule has 1 heterocycles. The summed E-state index contributed by atoms with van der Waals surface area (Å²) in [4.78, 5) is 0. The van der Waals surface area contributed by atoms with Crippen LogP contribution in [0.25, 0.3) is 0 Å². The molecule has 1 aliphatic heterocycles. The second kappa shape index (κ2) is 6.17. The lowest BCUT2D eigenvalue weighted by Crippen LogP contribution is -2.32.